The lowest BCUT2D eigenvalue weighted by atomic mass is 9.94. The van der Waals surface area contributed by atoms with Gasteiger partial charge in [-0.3, -0.25) is 0 Å². The maximum absolute atomic E-state index is 5.06. The third-order valence-corrected chi connectivity index (χ3v) is 1.01. The van der Waals surface area contributed by atoms with Crippen molar-refractivity contribution in [1.29, 1.82) is 0 Å². The Morgan fingerprint density at radius 1 is 1.50 bits per heavy atom. The van der Waals surface area contributed by atoms with Crippen LogP contribution in [0.5, 0.6) is 0 Å². The summed E-state index contributed by atoms with van der Waals surface area (Å²) in [5.74, 6) is 4.85. The van der Waals surface area contributed by atoms with E-state index in [2.05, 4.69) is 18.4 Å². The van der Waals surface area contributed by atoms with Crippen LogP contribution in [0.15, 0.2) is 12.7 Å². The first kappa shape index (κ1) is 6.86. The number of terminal acetylenes is 2. The molecule has 0 aliphatic heterocycles. The van der Waals surface area contributed by atoms with Gasteiger partial charge in [-0.15, -0.1) is 19.4 Å². The molecule has 0 aromatic carbocycles. The molecule has 0 saturated heterocycles. The molecule has 0 saturated carbocycles. The average Bonchev–Trinajstić information content (AvgIpc) is 1.87. The summed E-state index contributed by atoms with van der Waals surface area (Å²) in [6, 6.07) is 0. The van der Waals surface area contributed by atoms with E-state index in [1.807, 2.05) is 0 Å². The zero-order chi connectivity index (χ0) is 6.62. The maximum Gasteiger partial charge on any atom is 0.106 e. The fourth-order valence-corrected chi connectivity index (χ4v) is 0.160. The number of hydrogen-bond acceptors (Lipinski definition) is 0. The molecule has 0 rings (SSSR count). The van der Waals surface area contributed by atoms with Crippen molar-refractivity contribution < 1.29 is 0 Å². The van der Waals surface area contributed by atoms with E-state index in [0.717, 1.165) is 0 Å². The maximum atomic E-state index is 5.06. The molecular weight excluding hydrogens is 96.1 g/mol. The number of hydrogen-bond donors (Lipinski definition) is 0. The zero-order valence-electron chi connectivity index (χ0n) is 4.94. The highest BCUT2D eigenvalue weighted by atomic mass is 14.1. The van der Waals surface area contributed by atoms with Crippen molar-refractivity contribution in [2.75, 3.05) is 0 Å². The molecule has 0 aliphatic carbocycles. The Hall–Kier alpha value is -1.14. The summed E-state index contributed by atoms with van der Waals surface area (Å²) < 4.78 is 0. The van der Waals surface area contributed by atoms with Crippen LogP contribution in [0.3, 0.4) is 0 Å². The van der Waals surface area contributed by atoms with E-state index in [0.29, 0.717) is 0 Å². The smallest absolute Gasteiger partial charge is 0.106 e. The Bertz CT molecular complexity index is 147. The summed E-state index contributed by atoms with van der Waals surface area (Å²) in [5.41, 5.74) is -0.556. The normalized spacial score (nSPS) is 8.88. The van der Waals surface area contributed by atoms with E-state index >= 15 is 0 Å². The van der Waals surface area contributed by atoms with Crippen LogP contribution in [0, 0.1) is 30.1 Å². The van der Waals surface area contributed by atoms with Gasteiger partial charge >= 0.3 is 0 Å². The summed E-state index contributed by atoms with van der Waals surface area (Å²) >= 11 is 0. The molecule has 0 amide bonds. The molecule has 0 nitrogen and oxygen atoms in total. The summed E-state index contributed by atoms with van der Waals surface area (Å²) in [7, 11) is 0. The Morgan fingerprint density at radius 2 is 1.88 bits per heavy atom. The van der Waals surface area contributed by atoms with Gasteiger partial charge in [0.1, 0.15) is 5.41 Å². The van der Waals surface area contributed by atoms with Crippen LogP contribution < -0.4 is 0 Å². The van der Waals surface area contributed by atoms with Crippen molar-refractivity contribution in [3.8, 4) is 24.7 Å². The van der Waals surface area contributed by atoms with Crippen molar-refractivity contribution in [3.63, 3.8) is 0 Å². The highest BCUT2D eigenvalue weighted by Gasteiger charge is 2.09. The number of rotatable bonds is 1. The lowest BCUT2D eigenvalue weighted by Gasteiger charge is -2.06. The minimum atomic E-state index is -0.556. The van der Waals surface area contributed by atoms with Gasteiger partial charge in [0.15, 0.2) is 0 Å². The second-order valence-electron chi connectivity index (χ2n) is 1.70. The third kappa shape index (κ3) is 1.17. The van der Waals surface area contributed by atoms with Crippen molar-refractivity contribution in [2.24, 2.45) is 5.41 Å². The second kappa shape index (κ2) is 2.24. The molecule has 0 unspecified atom stereocenters. The summed E-state index contributed by atoms with van der Waals surface area (Å²) in [6.45, 7) is 5.25. The highest BCUT2D eigenvalue weighted by Crippen LogP contribution is 2.12. The predicted octanol–water partition coefficient (Wildman–Crippen LogP) is 1.45. The molecule has 40 valence electrons. The minimum absolute atomic E-state index is 0.556. The van der Waals surface area contributed by atoms with Crippen LogP contribution >= 0.6 is 0 Å². The van der Waals surface area contributed by atoms with Gasteiger partial charge in [0.2, 0.25) is 0 Å². The minimum Gasteiger partial charge on any atom is -0.118 e. The fraction of sp³-hybridized carbons (Fsp3) is 0.250. The molecular formula is C8H8. The molecule has 0 spiro atoms. The Balaban J connectivity index is 4.34. The van der Waals surface area contributed by atoms with Gasteiger partial charge in [-0.1, -0.05) is 17.9 Å². The van der Waals surface area contributed by atoms with Gasteiger partial charge in [0.05, 0.1) is 0 Å². The Kier molecular flexibility index (Phi) is 1.92. The summed E-state index contributed by atoms with van der Waals surface area (Å²) in [4.78, 5) is 0. The summed E-state index contributed by atoms with van der Waals surface area (Å²) in [6.07, 6.45) is 11.7. The topological polar surface area (TPSA) is 0 Å². The van der Waals surface area contributed by atoms with Gasteiger partial charge in [-0.2, -0.15) is 0 Å². The SMILES string of the molecule is C#CC(C)(C#C)C=C. The molecule has 0 heterocycles. The van der Waals surface area contributed by atoms with Gasteiger partial charge < -0.3 is 0 Å². The van der Waals surface area contributed by atoms with Crippen LogP contribution in [-0.4, -0.2) is 0 Å². The van der Waals surface area contributed by atoms with Crippen molar-refractivity contribution in [1.82, 2.24) is 0 Å². The highest BCUT2D eigenvalue weighted by molar-refractivity contribution is 5.26. The summed E-state index contributed by atoms with van der Waals surface area (Å²) in [5, 5.41) is 0. The Morgan fingerprint density at radius 3 is 1.88 bits per heavy atom. The lowest BCUT2D eigenvalue weighted by molar-refractivity contribution is 0.789. The third-order valence-electron chi connectivity index (χ3n) is 1.01. The molecule has 0 atom stereocenters. The molecule has 0 aromatic rings. The fourth-order valence-electron chi connectivity index (χ4n) is 0.160. The number of allylic oxidation sites excluding steroid dienone is 1. The van der Waals surface area contributed by atoms with E-state index in [1.54, 1.807) is 13.0 Å². The van der Waals surface area contributed by atoms with Crippen LogP contribution in [0.4, 0.5) is 0 Å². The molecule has 0 N–H and O–H groups in total. The predicted molar refractivity (Wildman–Crippen MR) is 36.0 cm³/mol. The van der Waals surface area contributed by atoms with Crippen LogP contribution in [0.25, 0.3) is 0 Å². The molecule has 0 aromatic heterocycles. The molecule has 0 fully saturated rings. The average molecular weight is 104 g/mol. The van der Waals surface area contributed by atoms with Gasteiger partial charge in [0.25, 0.3) is 0 Å². The quantitative estimate of drug-likeness (QED) is 0.349. The van der Waals surface area contributed by atoms with Crippen LogP contribution in [0.1, 0.15) is 6.92 Å². The van der Waals surface area contributed by atoms with Gasteiger partial charge in [-0.25, -0.2) is 0 Å². The first-order chi connectivity index (χ1) is 3.68. The van der Waals surface area contributed by atoms with Crippen LogP contribution in [-0.2, 0) is 0 Å². The van der Waals surface area contributed by atoms with Gasteiger partial charge in [-0.05, 0) is 6.92 Å². The van der Waals surface area contributed by atoms with E-state index in [1.165, 1.54) is 0 Å². The van der Waals surface area contributed by atoms with E-state index in [4.69, 9.17) is 12.8 Å². The molecule has 0 heteroatoms. The van der Waals surface area contributed by atoms with Gasteiger partial charge in [0, 0.05) is 0 Å². The molecule has 0 aliphatic rings. The second-order valence-corrected chi connectivity index (χ2v) is 1.70. The standard InChI is InChI=1S/C8H8/c1-5-8(4,6-2)7-3/h1-2,7H,3H2,4H3. The van der Waals surface area contributed by atoms with E-state index in [9.17, 15) is 0 Å². The molecule has 0 radical (unpaired) electrons. The van der Waals surface area contributed by atoms with E-state index < -0.39 is 5.41 Å². The largest absolute Gasteiger partial charge is 0.118 e. The van der Waals surface area contributed by atoms with Crippen molar-refractivity contribution in [3.05, 3.63) is 12.7 Å². The lowest BCUT2D eigenvalue weighted by Crippen LogP contribution is -2.03. The van der Waals surface area contributed by atoms with Crippen LogP contribution in [0.2, 0.25) is 0 Å². The monoisotopic (exact) mass is 104 g/mol. The van der Waals surface area contributed by atoms with Crippen molar-refractivity contribution >= 4 is 0 Å². The molecule has 0 bridgehead atoms. The van der Waals surface area contributed by atoms with E-state index in [-0.39, 0.29) is 0 Å². The Labute approximate surface area is 50.6 Å². The first-order valence-electron chi connectivity index (χ1n) is 2.27. The zero-order valence-corrected chi connectivity index (χ0v) is 4.94. The van der Waals surface area contributed by atoms with Crippen molar-refractivity contribution in [2.45, 2.75) is 6.92 Å². The first-order valence-corrected chi connectivity index (χ1v) is 2.27. The molecule has 8 heavy (non-hydrogen) atoms.